The summed E-state index contributed by atoms with van der Waals surface area (Å²) in [4.78, 5) is 29.3. The Morgan fingerprint density at radius 3 is 2.75 bits per heavy atom. The van der Waals surface area contributed by atoms with Crippen molar-refractivity contribution in [2.75, 3.05) is 0 Å². The summed E-state index contributed by atoms with van der Waals surface area (Å²) in [6.07, 6.45) is 2.04. The first-order valence-electron chi connectivity index (χ1n) is 9.57. The number of carbonyl (C=O) groups excluding carboxylic acids is 2. The van der Waals surface area contributed by atoms with Gasteiger partial charge in [-0.05, 0) is 49.4 Å². The van der Waals surface area contributed by atoms with E-state index in [-0.39, 0.29) is 17.6 Å². The van der Waals surface area contributed by atoms with Crippen LogP contribution in [-0.2, 0) is 16.0 Å². The van der Waals surface area contributed by atoms with E-state index in [0.717, 1.165) is 30.2 Å². The minimum atomic E-state index is -0.894. The molecule has 0 spiro atoms. The number of rotatable bonds is 4. The lowest BCUT2D eigenvalue weighted by Crippen LogP contribution is -2.39. The Balaban J connectivity index is 1.42. The normalized spacial score (nSPS) is 16.8. The zero-order valence-electron chi connectivity index (χ0n) is 15.7. The van der Waals surface area contributed by atoms with E-state index in [0.29, 0.717) is 5.52 Å². The lowest BCUT2D eigenvalue weighted by molar-refractivity contribution is -0.130. The fourth-order valence-corrected chi connectivity index (χ4v) is 3.65. The highest BCUT2D eigenvalue weighted by atomic mass is 16.5. The predicted molar refractivity (Wildman–Crippen MR) is 107 cm³/mol. The van der Waals surface area contributed by atoms with Gasteiger partial charge in [-0.3, -0.25) is 4.79 Å². The number of aromatic nitrogens is 1. The number of hydrogen-bond acceptors (Lipinski definition) is 4. The third-order valence-corrected chi connectivity index (χ3v) is 5.15. The molecule has 28 heavy (non-hydrogen) atoms. The lowest BCUT2D eigenvalue weighted by atomic mass is 9.87. The molecular weight excluding hydrogens is 352 g/mol. The standard InChI is InChI=1S/C23H22N2O3/c1-15(22(26)25-20-12-6-9-16-7-2-4-10-18(16)20)28-23(27)21-14-13-17-8-3-5-11-19(17)24-21/h2-5,7-8,10-11,13-15,20H,6,9,12H2,1H3,(H,25,26)/t15-,20-/m0/s1. The third-order valence-electron chi connectivity index (χ3n) is 5.15. The highest BCUT2D eigenvalue weighted by Gasteiger charge is 2.25. The summed E-state index contributed by atoms with van der Waals surface area (Å²) < 4.78 is 5.36. The summed E-state index contributed by atoms with van der Waals surface area (Å²) in [5.74, 6) is -0.895. The zero-order chi connectivity index (χ0) is 19.5. The molecule has 0 fully saturated rings. The molecule has 5 heteroatoms. The largest absolute Gasteiger partial charge is 0.448 e. The van der Waals surface area contributed by atoms with Crippen molar-refractivity contribution in [1.29, 1.82) is 0 Å². The quantitative estimate of drug-likeness (QED) is 0.702. The Morgan fingerprint density at radius 1 is 1.07 bits per heavy atom. The number of aryl methyl sites for hydroxylation is 1. The molecule has 1 aliphatic rings. The molecule has 0 radical (unpaired) electrons. The van der Waals surface area contributed by atoms with E-state index in [4.69, 9.17) is 4.74 Å². The second-order valence-electron chi connectivity index (χ2n) is 7.09. The van der Waals surface area contributed by atoms with Crippen molar-refractivity contribution in [3.05, 3.63) is 77.5 Å². The summed E-state index contributed by atoms with van der Waals surface area (Å²) in [6, 6.07) is 19.1. The van der Waals surface area contributed by atoms with Gasteiger partial charge in [0.2, 0.25) is 0 Å². The van der Waals surface area contributed by atoms with Gasteiger partial charge in [-0.1, -0.05) is 48.5 Å². The molecule has 0 unspecified atom stereocenters. The second-order valence-corrected chi connectivity index (χ2v) is 7.09. The van der Waals surface area contributed by atoms with Crippen LogP contribution in [0.3, 0.4) is 0 Å². The molecule has 0 bridgehead atoms. The molecule has 2 atom stereocenters. The smallest absolute Gasteiger partial charge is 0.357 e. The molecule has 1 amide bonds. The van der Waals surface area contributed by atoms with Gasteiger partial charge in [0.15, 0.2) is 6.10 Å². The number of amides is 1. The van der Waals surface area contributed by atoms with Crippen LogP contribution in [0.5, 0.6) is 0 Å². The van der Waals surface area contributed by atoms with Crippen LogP contribution in [0.15, 0.2) is 60.7 Å². The molecule has 1 aliphatic carbocycles. The van der Waals surface area contributed by atoms with E-state index in [1.165, 1.54) is 5.56 Å². The van der Waals surface area contributed by atoms with Crippen LogP contribution >= 0.6 is 0 Å². The SMILES string of the molecule is C[C@H](OC(=O)c1ccc2ccccc2n1)C(=O)N[C@H]1CCCc2ccccc21. The van der Waals surface area contributed by atoms with E-state index < -0.39 is 12.1 Å². The summed E-state index contributed by atoms with van der Waals surface area (Å²) in [5, 5.41) is 3.97. The first-order chi connectivity index (χ1) is 13.6. The van der Waals surface area contributed by atoms with Gasteiger partial charge < -0.3 is 10.1 Å². The fraction of sp³-hybridized carbons (Fsp3) is 0.261. The molecule has 2 aromatic carbocycles. The molecule has 0 aliphatic heterocycles. The molecule has 1 N–H and O–H groups in total. The van der Waals surface area contributed by atoms with Crippen LogP contribution in [-0.4, -0.2) is 23.0 Å². The van der Waals surface area contributed by atoms with Crippen molar-refractivity contribution in [3.8, 4) is 0 Å². The number of pyridine rings is 1. The maximum Gasteiger partial charge on any atom is 0.357 e. The van der Waals surface area contributed by atoms with Crippen LogP contribution in [0.1, 0.15) is 47.4 Å². The van der Waals surface area contributed by atoms with Gasteiger partial charge in [0.25, 0.3) is 5.91 Å². The third kappa shape index (κ3) is 3.74. The fourth-order valence-electron chi connectivity index (χ4n) is 3.65. The Kier molecular flexibility index (Phi) is 5.06. The van der Waals surface area contributed by atoms with Gasteiger partial charge in [0, 0.05) is 5.39 Å². The average Bonchev–Trinajstić information content (AvgIpc) is 2.73. The molecule has 3 aromatic rings. The van der Waals surface area contributed by atoms with Gasteiger partial charge >= 0.3 is 5.97 Å². The van der Waals surface area contributed by atoms with Gasteiger partial charge in [-0.2, -0.15) is 0 Å². The van der Waals surface area contributed by atoms with Crippen molar-refractivity contribution in [2.45, 2.75) is 38.3 Å². The van der Waals surface area contributed by atoms with Crippen LogP contribution in [0.2, 0.25) is 0 Å². The number of benzene rings is 2. The van der Waals surface area contributed by atoms with E-state index in [9.17, 15) is 9.59 Å². The Morgan fingerprint density at radius 2 is 1.86 bits per heavy atom. The van der Waals surface area contributed by atoms with E-state index in [1.807, 2.05) is 42.5 Å². The van der Waals surface area contributed by atoms with Gasteiger partial charge in [-0.25, -0.2) is 9.78 Å². The van der Waals surface area contributed by atoms with Crippen LogP contribution in [0.25, 0.3) is 10.9 Å². The Hall–Kier alpha value is -3.21. The summed E-state index contributed by atoms with van der Waals surface area (Å²) >= 11 is 0. The number of hydrogen-bond donors (Lipinski definition) is 1. The van der Waals surface area contributed by atoms with Gasteiger partial charge in [0.05, 0.1) is 11.6 Å². The zero-order valence-corrected chi connectivity index (χ0v) is 15.7. The molecule has 4 rings (SSSR count). The number of carbonyl (C=O) groups is 2. The predicted octanol–water partition coefficient (Wildman–Crippen LogP) is 3.97. The summed E-state index contributed by atoms with van der Waals surface area (Å²) in [5.41, 5.74) is 3.33. The number of nitrogens with one attached hydrogen (secondary N) is 1. The first-order valence-corrected chi connectivity index (χ1v) is 9.57. The van der Waals surface area contributed by atoms with Crippen LogP contribution in [0, 0.1) is 0 Å². The van der Waals surface area contributed by atoms with E-state index in [2.05, 4.69) is 22.4 Å². The Bertz CT molecular complexity index is 1030. The number of ether oxygens (including phenoxy) is 1. The second kappa shape index (κ2) is 7.80. The van der Waals surface area contributed by atoms with Crippen molar-refractivity contribution in [3.63, 3.8) is 0 Å². The molecule has 1 aromatic heterocycles. The van der Waals surface area contributed by atoms with Gasteiger partial charge in [0.1, 0.15) is 5.69 Å². The van der Waals surface area contributed by atoms with Crippen molar-refractivity contribution in [2.24, 2.45) is 0 Å². The molecule has 1 heterocycles. The van der Waals surface area contributed by atoms with Crippen LogP contribution < -0.4 is 5.32 Å². The van der Waals surface area contributed by atoms with Crippen molar-refractivity contribution >= 4 is 22.8 Å². The minimum Gasteiger partial charge on any atom is -0.448 e. The maximum atomic E-state index is 12.6. The van der Waals surface area contributed by atoms with E-state index >= 15 is 0 Å². The van der Waals surface area contributed by atoms with Crippen LogP contribution in [0.4, 0.5) is 0 Å². The molecule has 5 nitrogen and oxygen atoms in total. The topological polar surface area (TPSA) is 68.3 Å². The average molecular weight is 374 g/mol. The summed E-state index contributed by atoms with van der Waals surface area (Å²) in [6.45, 7) is 1.59. The van der Waals surface area contributed by atoms with Crippen molar-refractivity contribution in [1.82, 2.24) is 10.3 Å². The van der Waals surface area contributed by atoms with Gasteiger partial charge in [-0.15, -0.1) is 0 Å². The Labute approximate surface area is 163 Å². The molecule has 142 valence electrons. The lowest BCUT2D eigenvalue weighted by Gasteiger charge is -2.27. The minimum absolute atomic E-state index is 0.0441. The molecule has 0 saturated carbocycles. The molecule has 0 saturated heterocycles. The van der Waals surface area contributed by atoms with E-state index in [1.54, 1.807) is 13.0 Å². The monoisotopic (exact) mass is 374 g/mol. The number of esters is 1. The first kappa shape index (κ1) is 18.2. The highest BCUT2D eigenvalue weighted by molar-refractivity contribution is 5.93. The number of para-hydroxylation sites is 1. The number of fused-ring (bicyclic) bond motifs is 2. The maximum absolute atomic E-state index is 12.6. The number of nitrogens with zero attached hydrogens (tertiary/aromatic N) is 1. The van der Waals surface area contributed by atoms with Crippen molar-refractivity contribution < 1.29 is 14.3 Å². The highest BCUT2D eigenvalue weighted by Crippen LogP contribution is 2.29. The molecular formula is C23H22N2O3. The summed E-state index contributed by atoms with van der Waals surface area (Å²) in [7, 11) is 0.